The topological polar surface area (TPSA) is 64.4 Å². The number of aryl methyl sites for hydroxylation is 1. The van der Waals surface area contributed by atoms with Crippen molar-refractivity contribution < 1.29 is 13.9 Å². The summed E-state index contributed by atoms with van der Waals surface area (Å²) in [6.07, 6.45) is 1.06. The summed E-state index contributed by atoms with van der Waals surface area (Å²) >= 11 is 6.31. The Morgan fingerprint density at radius 3 is 2.66 bits per heavy atom. The second kappa shape index (κ2) is 9.45. The summed E-state index contributed by atoms with van der Waals surface area (Å²) in [6.45, 7) is 6.23. The summed E-state index contributed by atoms with van der Waals surface area (Å²) in [6, 6.07) is 18.9. The number of rotatable bonds is 7. The van der Waals surface area contributed by atoms with Crippen LogP contribution in [0.25, 0.3) is 22.6 Å². The lowest BCUT2D eigenvalue weighted by Crippen LogP contribution is -2.20. The molecule has 1 N–H and O–H groups in total. The molecule has 0 saturated carbocycles. The summed E-state index contributed by atoms with van der Waals surface area (Å²) in [5.41, 5.74) is 5.09. The first-order valence-corrected chi connectivity index (χ1v) is 11.0. The van der Waals surface area contributed by atoms with E-state index >= 15 is 0 Å². The highest BCUT2D eigenvalue weighted by Gasteiger charge is 2.14. The Morgan fingerprint density at radius 1 is 1.12 bits per heavy atom. The van der Waals surface area contributed by atoms with Crippen molar-refractivity contribution >= 4 is 34.3 Å². The van der Waals surface area contributed by atoms with Crippen molar-refractivity contribution in [3.8, 4) is 17.2 Å². The molecule has 0 radical (unpaired) electrons. The summed E-state index contributed by atoms with van der Waals surface area (Å²) in [5, 5.41) is 3.23. The van der Waals surface area contributed by atoms with Gasteiger partial charge in [0.1, 0.15) is 11.3 Å². The molecule has 1 aromatic heterocycles. The molecular weight excluding hydrogens is 424 g/mol. The minimum Gasteiger partial charge on any atom is -0.484 e. The lowest BCUT2D eigenvalue weighted by molar-refractivity contribution is -0.118. The number of amides is 1. The number of nitrogens with one attached hydrogen (secondary N) is 1. The fraction of sp³-hybridized carbons (Fsp3) is 0.231. The number of carbonyl (C=O) groups excluding carboxylic acids is 1. The first-order valence-electron chi connectivity index (χ1n) is 10.6. The van der Waals surface area contributed by atoms with Gasteiger partial charge in [-0.2, -0.15) is 0 Å². The molecule has 32 heavy (non-hydrogen) atoms. The summed E-state index contributed by atoms with van der Waals surface area (Å²) in [7, 11) is 0. The minimum absolute atomic E-state index is 0.120. The number of fused-ring (bicyclic) bond motifs is 1. The highest BCUT2D eigenvalue weighted by atomic mass is 35.5. The number of ether oxygens (including phenoxy) is 1. The molecule has 0 aliphatic rings. The third kappa shape index (κ3) is 4.94. The third-order valence-corrected chi connectivity index (χ3v) is 5.80. The predicted molar refractivity (Wildman–Crippen MR) is 128 cm³/mol. The number of halogens is 1. The second-order valence-corrected chi connectivity index (χ2v) is 8.31. The van der Waals surface area contributed by atoms with E-state index in [2.05, 4.69) is 36.3 Å². The van der Waals surface area contributed by atoms with Crippen molar-refractivity contribution in [1.29, 1.82) is 0 Å². The standard InChI is InChI=1S/C26H25ClN2O3/c1-4-17(3)18-8-12-24-23(13-18)29-26(32-24)19-7-11-21(27)22(14-19)28-25(30)15-31-20-9-5-16(2)6-10-20/h5-14,17H,4,15H2,1-3H3,(H,28,30)/t17-/m0/s1. The van der Waals surface area contributed by atoms with Crippen LogP contribution in [0, 0.1) is 6.92 Å². The highest BCUT2D eigenvalue weighted by molar-refractivity contribution is 6.33. The van der Waals surface area contributed by atoms with Crippen molar-refractivity contribution in [3.63, 3.8) is 0 Å². The zero-order chi connectivity index (χ0) is 22.7. The van der Waals surface area contributed by atoms with Crippen LogP contribution in [0.15, 0.2) is 65.1 Å². The van der Waals surface area contributed by atoms with Gasteiger partial charge in [0.25, 0.3) is 5.91 Å². The molecular formula is C26H25ClN2O3. The number of hydrogen-bond acceptors (Lipinski definition) is 4. The van der Waals surface area contributed by atoms with Crippen LogP contribution in [0.4, 0.5) is 5.69 Å². The maximum Gasteiger partial charge on any atom is 0.262 e. The molecule has 0 aliphatic carbocycles. The molecule has 0 fully saturated rings. The Morgan fingerprint density at radius 2 is 1.91 bits per heavy atom. The van der Waals surface area contributed by atoms with Gasteiger partial charge in [-0.15, -0.1) is 0 Å². The number of benzene rings is 3. The summed E-state index contributed by atoms with van der Waals surface area (Å²) in [5.74, 6) is 1.26. The van der Waals surface area contributed by atoms with Crippen LogP contribution < -0.4 is 10.1 Å². The largest absolute Gasteiger partial charge is 0.484 e. The van der Waals surface area contributed by atoms with Gasteiger partial charge in [-0.25, -0.2) is 4.98 Å². The van der Waals surface area contributed by atoms with Crippen molar-refractivity contribution in [2.45, 2.75) is 33.1 Å². The molecule has 1 heterocycles. The van der Waals surface area contributed by atoms with Gasteiger partial charge in [-0.05, 0) is 67.3 Å². The zero-order valence-corrected chi connectivity index (χ0v) is 19.1. The lowest BCUT2D eigenvalue weighted by atomic mass is 9.98. The van der Waals surface area contributed by atoms with Crippen LogP contribution in [0.2, 0.25) is 5.02 Å². The maximum atomic E-state index is 12.4. The van der Waals surface area contributed by atoms with Crippen molar-refractivity contribution in [3.05, 3.63) is 76.8 Å². The van der Waals surface area contributed by atoms with Crippen LogP contribution in [0.5, 0.6) is 5.75 Å². The molecule has 164 valence electrons. The molecule has 6 heteroatoms. The smallest absolute Gasteiger partial charge is 0.262 e. The van der Waals surface area contributed by atoms with Crippen LogP contribution in [-0.2, 0) is 4.79 Å². The monoisotopic (exact) mass is 448 g/mol. The molecule has 0 aliphatic heterocycles. The van der Waals surface area contributed by atoms with Crippen LogP contribution in [0.1, 0.15) is 37.3 Å². The highest BCUT2D eigenvalue weighted by Crippen LogP contribution is 2.31. The molecule has 4 aromatic rings. The van der Waals surface area contributed by atoms with Gasteiger partial charge in [-0.3, -0.25) is 4.79 Å². The molecule has 1 amide bonds. The van der Waals surface area contributed by atoms with Crippen LogP contribution in [0.3, 0.4) is 0 Å². The maximum absolute atomic E-state index is 12.4. The van der Waals surface area contributed by atoms with Gasteiger partial charge in [0.05, 0.1) is 10.7 Å². The number of hydrogen-bond donors (Lipinski definition) is 1. The third-order valence-electron chi connectivity index (χ3n) is 5.47. The average molecular weight is 449 g/mol. The first-order chi connectivity index (χ1) is 15.4. The number of anilines is 1. The minimum atomic E-state index is -0.305. The van der Waals surface area contributed by atoms with E-state index in [1.165, 1.54) is 5.56 Å². The Bertz CT molecular complexity index is 1250. The normalized spacial score (nSPS) is 12.0. The van der Waals surface area contributed by atoms with Gasteiger partial charge in [0.15, 0.2) is 12.2 Å². The molecule has 0 spiro atoms. The summed E-state index contributed by atoms with van der Waals surface area (Å²) in [4.78, 5) is 17.0. The van der Waals surface area contributed by atoms with E-state index in [-0.39, 0.29) is 12.5 Å². The Labute approximate surface area is 192 Å². The first kappa shape index (κ1) is 21.9. The zero-order valence-electron chi connectivity index (χ0n) is 18.3. The van der Waals surface area contributed by atoms with Gasteiger partial charge < -0.3 is 14.5 Å². The van der Waals surface area contributed by atoms with Gasteiger partial charge in [-0.1, -0.05) is 49.2 Å². The van der Waals surface area contributed by atoms with Crippen LogP contribution >= 0.6 is 11.6 Å². The fourth-order valence-corrected chi connectivity index (χ4v) is 3.50. The van der Waals surface area contributed by atoms with E-state index in [1.807, 2.05) is 43.3 Å². The SMILES string of the molecule is CC[C@H](C)c1ccc2oc(-c3ccc(Cl)c(NC(=O)COc4ccc(C)cc4)c3)nc2c1. The fourth-order valence-electron chi connectivity index (χ4n) is 3.33. The van der Waals surface area contributed by atoms with E-state index in [4.69, 9.17) is 20.8 Å². The molecule has 1 atom stereocenters. The van der Waals surface area contributed by atoms with E-state index in [0.717, 1.165) is 28.6 Å². The van der Waals surface area contributed by atoms with E-state index in [9.17, 15) is 4.79 Å². The van der Waals surface area contributed by atoms with Gasteiger partial charge in [0, 0.05) is 5.56 Å². The van der Waals surface area contributed by atoms with E-state index < -0.39 is 0 Å². The number of oxazole rings is 1. The Hall–Kier alpha value is -3.31. The van der Waals surface area contributed by atoms with Crippen molar-refractivity contribution in [2.75, 3.05) is 11.9 Å². The van der Waals surface area contributed by atoms with E-state index in [0.29, 0.717) is 28.3 Å². The Kier molecular flexibility index (Phi) is 6.47. The van der Waals surface area contributed by atoms with Gasteiger partial charge >= 0.3 is 0 Å². The molecule has 5 nitrogen and oxygen atoms in total. The van der Waals surface area contributed by atoms with E-state index in [1.54, 1.807) is 12.1 Å². The molecule has 0 unspecified atom stereocenters. The lowest BCUT2D eigenvalue weighted by Gasteiger charge is -2.10. The van der Waals surface area contributed by atoms with Gasteiger partial charge in [0.2, 0.25) is 5.89 Å². The molecule has 3 aromatic carbocycles. The Balaban J connectivity index is 1.50. The second-order valence-electron chi connectivity index (χ2n) is 7.90. The summed E-state index contributed by atoms with van der Waals surface area (Å²) < 4.78 is 11.5. The van der Waals surface area contributed by atoms with Crippen LogP contribution in [-0.4, -0.2) is 17.5 Å². The average Bonchev–Trinajstić information content (AvgIpc) is 3.23. The number of nitrogens with zero attached hydrogens (tertiary/aromatic N) is 1. The quantitative estimate of drug-likeness (QED) is 0.331. The van der Waals surface area contributed by atoms with Crippen molar-refractivity contribution in [1.82, 2.24) is 4.98 Å². The predicted octanol–water partition coefficient (Wildman–Crippen LogP) is 6.99. The molecule has 0 saturated heterocycles. The number of aromatic nitrogens is 1. The molecule has 4 rings (SSSR count). The number of carbonyl (C=O) groups is 1. The molecule has 0 bridgehead atoms. The van der Waals surface area contributed by atoms with Crippen molar-refractivity contribution in [2.24, 2.45) is 0 Å².